The van der Waals surface area contributed by atoms with E-state index in [1.54, 1.807) is 18.2 Å². The van der Waals surface area contributed by atoms with Gasteiger partial charge < -0.3 is 10.3 Å². The smallest absolute Gasteiger partial charge is 0.284 e. The van der Waals surface area contributed by atoms with Crippen molar-refractivity contribution in [3.05, 3.63) is 68.9 Å². The van der Waals surface area contributed by atoms with Crippen molar-refractivity contribution in [1.29, 1.82) is 5.26 Å². The fourth-order valence-electron chi connectivity index (χ4n) is 3.50. The molecule has 0 unspecified atom stereocenters. The Balaban J connectivity index is 1.56. The molecule has 0 bridgehead atoms. The Morgan fingerprint density at radius 3 is 2.93 bits per heavy atom. The van der Waals surface area contributed by atoms with E-state index < -0.39 is 12.0 Å². The quantitative estimate of drug-likeness (QED) is 0.734. The number of hydrazine groups is 2. The Labute approximate surface area is 159 Å². The largest absolute Gasteiger partial charge is 0.363 e. The Bertz CT molecular complexity index is 1030. The number of nitrogens with zero attached hydrogens (tertiary/aromatic N) is 4. The summed E-state index contributed by atoms with van der Waals surface area (Å²) >= 11 is 0. The summed E-state index contributed by atoms with van der Waals surface area (Å²) in [5, 5.41) is 17.1. The number of rotatable bonds is 4. The summed E-state index contributed by atoms with van der Waals surface area (Å²) in [6, 6.07) is 8.39. The number of nitrogens with one attached hydrogen (secondary N) is 3. The van der Waals surface area contributed by atoms with Crippen LogP contribution in [0, 0.1) is 11.3 Å². The number of hydrogen-bond acceptors (Lipinski definition) is 7. The van der Waals surface area contributed by atoms with Crippen molar-refractivity contribution in [2.75, 3.05) is 18.0 Å². The first-order chi connectivity index (χ1) is 13.6. The highest BCUT2D eigenvalue weighted by atomic mass is 19.3. The van der Waals surface area contributed by atoms with E-state index in [4.69, 9.17) is 0 Å². The van der Waals surface area contributed by atoms with E-state index in [1.807, 2.05) is 16.0 Å². The molecule has 0 spiro atoms. The van der Waals surface area contributed by atoms with Gasteiger partial charge >= 0.3 is 0 Å². The minimum Gasteiger partial charge on any atom is -0.363 e. The minimum atomic E-state index is -2.53. The molecule has 4 rings (SSSR count). The lowest BCUT2D eigenvalue weighted by Gasteiger charge is -2.31. The maximum atomic E-state index is 13.2. The van der Waals surface area contributed by atoms with Crippen molar-refractivity contribution in [1.82, 2.24) is 26.2 Å². The predicted molar refractivity (Wildman–Crippen MR) is 96.6 cm³/mol. The molecule has 28 heavy (non-hydrogen) atoms. The van der Waals surface area contributed by atoms with E-state index in [9.17, 15) is 18.8 Å². The van der Waals surface area contributed by atoms with E-state index in [0.29, 0.717) is 37.3 Å². The van der Waals surface area contributed by atoms with E-state index >= 15 is 0 Å². The predicted octanol–water partition coefficient (Wildman–Crippen LogP) is 1.53. The molecule has 144 valence electrons. The van der Waals surface area contributed by atoms with Gasteiger partial charge in [0, 0.05) is 18.5 Å². The topological polar surface area (TPSA) is 100 Å². The molecular formula is C18H17F2N7O. The van der Waals surface area contributed by atoms with E-state index in [1.165, 1.54) is 12.3 Å². The summed E-state index contributed by atoms with van der Waals surface area (Å²) in [5.74, 6) is 0. The van der Waals surface area contributed by atoms with Gasteiger partial charge in [-0.2, -0.15) is 10.4 Å². The van der Waals surface area contributed by atoms with Gasteiger partial charge in [-0.15, -0.1) is 5.53 Å². The molecule has 2 aliphatic heterocycles. The van der Waals surface area contributed by atoms with Crippen LogP contribution in [0.3, 0.4) is 0 Å². The fourth-order valence-corrected chi connectivity index (χ4v) is 3.50. The molecule has 0 saturated carbocycles. The first kappa shape index (κ1) is 17.9. The Morgan fingerprint density at radius 2 is 2.14 bits per heavy atom. The van der Waals surface area contributed by atoms with Gasteiger partial charge in [0.1, 0.15) is 11.6 Å². The second-order valence-corrected chi connectivity index (χ2v) is 6.49. The zero-order valence-corrected chi connectivity index (χ0v) is 14.7. The molecule has 0 saturated heterocycles. The third-order valence-corrected chi connectivity index (χ3v) is 4.89. The molecule has 3 heterocycles. The average Bonchev–Trinajstić information content (AvgIpc) is 3.10. The van der Waals surface area contributed by atoms with Crippen molar-refractivity contribution in [3.63, 3.8) is 0 Å². The van der Waals surface area contributed by atoms with Gasteiger partial charge in [0.05, 0.1) is 36.4 Å². The monoisotopic (exact) mass is 385 g/mol. The summed E-state index contributed by atoms with van der Waals surface area (Å²) in [4.78, 5) is 13.7. The second-order valence-electron chi connectivity index (χ2n) is 6.49. The molecule has 8 nitrogen and oxygen atoms in total. The van der Waals surface area contributed by atoms with Gasteiger partial charge in [-0.05, 0) is 5.56 Å². The number of H-pyrrole nitrogens is 1. The minimum absolute atomic E-state index is 0.0176. The van der Waals surface area contributed by atoms with Crippen molar-refractivity contribution < 1.29 is 8.78 Å². The third-order valence-electron chi connectivity index (χ3n) is 4.89. The molecule has 0 radical (unpaired) electrons. The van der Waals surface area contributed by atoms with Crippen LogP contribution < -0.4 is 21.4 Å². The summed E-state index contributed by atoms with van der Waals surface area (Å²) in [6.07, 6.45) is -0.455. The van der Waals surface area contributed by atoms with Crippen LogP contribution in [0.15, 0.2) is 46.7 Å². The lowest BCUT2D eigenvalue weighted by molar-refractivity contribution is 0.147. The van der Waals surface area contributed by atoms with Crippen molar-refractivity contribution >= 4 is 5.69 Å². The third kappa shape index (κ3) is 3.16. The molecule has 10 heteroatoms. The molecule has 2 aromatic rings. The highest BCUT2D eigenvalue weighted by Crippen LogP contribution is 2.29. The maximum absolute atomic E-state index is 13.2. The fraction of sp³-hybridized carbons (Fsp3) is 0.278. The Kier molecular flexibility index (Phi) is 4.67. The number of halogens is 2. The van der Waals surface area contributed by atoms with E-state index in [0.717, 1.165) is 11.4 Å². The number of aromatic nitrogens is 2. The summed E-state index contributed by atoms with van der Waals surface area (Å²) in [7, 11) is 0. The summed E-state index contributed by atoms with van der Waals surface area (Å²) in [5.41, 5.74) is 8.45. The van der Waals surface area contributed by atoms with Crippen LogP contribution in [0.1, 0.15) is 29.5 Å². The van der Waals surface area contributed by atoms with Crippen LogP contribution in [0.25, 0.3) is 0 Å². The second kappa shape index (κ2) is 7.28. The van der Waals surface area contributed by atoms with Gasteiger partial charge in [-0.25, -0.2) is 13.9 Å². The lowest BCUT2D eigenvalue weighted by atomic mass is 10.1. The van der Waals surface area contributed by atoms with Crippen molar-refractivity contribution in [3.8, 4) is 6.07 Å². The molecule has 3 N–H and O–H groups in total. The normalized spacial score (nSPS) is 16.2. The first-order valence-corrected chi connectivity index (χ1v) is 8.68. The highest BCUT2D eigenvalue weighted by molar-refractivity contribution is 5.58. The SMILES string of the molecule is N#Cc1c(N2CCC3=C(C2)NNN3Cc2ccccc2C(F)F)cn[nH]c1=O. The van der Waals surface area contributed by atoms with Crippen LogP contribution >= 0.6 is 0 Å². The lowest BCUT2D eigenvalue weighted by Crippen LogP contribution is -2.37. The zero-order chi connectivity index (χ0) is 19.7. The van der Waals surface area contributed by atoms with Gasteiger partial charge in [0.15, 0.2) is 0 Å². The Morgan fingerprint density at radius 1 is 1.32 bits per heavy atom. The van der Waals surface area contributed by atoms with Crippen LogP contribution in [-0.4, -0.2) is 28.3 Å². The van der Waals surface area contributed by atoms with Crippen molar-refractivity contribution in [2.24, 2.45) is 0 Å². The van der Waals surface area contributed by atoms with Crippen LogP contribution in [0.2, 0.25) is 0 Å². The zero-order valence-electron chi connectivity index (χ0n) is 14.7. The van der Waals surface area contributed by atoms with Crippen LogP contribution in [0.4, 0.5) is 14.5 Å². The molecule has 0 aliphatic carbocycles. The molecule has 1 aromatic carbocycles. The Hall–Kier alpha value is -3.45. The summed E-state index contributed by atoms with van der Waals surface area (Å²) < 4.78 is 26.5. The van der Waals surface area contributed by atoms with Gasteiger partial charge in [0.25, 0.3) is 12.0 Å². The highest BCUT2D eigenvalue weighted by Gasteiger charge is 2.30. The van der Waals surface area contributed by atoms with Gasteiger partial charge in [0.2, 0.25) is 0 Å². The molecule has 0 amide bonds. The maximum Gasteiger partial charge on any atom is 0.284 e. The average molecular weight is 385 g/mol. The van der Waals surface area contributed by atoms with Gasteiger partial charge in [-0.3, -0.25) is 9.80 Å². The van der Waals surface area contributed by atoms with E-state index in [-0.39, 0.29) is 11.1 Å². The number of hydrogen-bond donors (Lipinski definition) is 3. The molecule has 0 fully saturated rings. The summed E-state index contributed by atoms with van der Waals surface area (Å²) in [6.45, 7) is 1.30. The van der Waals surface area contributed by atoms with E-state index in [2.05, 4.69) is 21.2 Å². The first-order valence-electron chi connectivity index (χ1n) is 8.68. The molecular weight excluding hydrogens is 368 g/mol. The van der Waals surface area contributed by atoms with Crippen LogP contribution in [-0.2, 0) is 6.54 Å². The van der Waals surface area contributed by atoms with Crippen LogP contribution in [0.5, 0.6) is 0 Å². The number of benzene rings is 1. The van der Waals surface area contributed by atoms with Crippen molar-refractivity contribution in [2.45, 2.75) is 19.4 Å². The van der Waals surface area contributed by atoms with Gasteiger partial charge in [-0.1, -0.05) is 24.3 Å². The molecule has 0 atom stereocenters. The molecule has 1 aromatic heterocycles. The number of alkyl halides is 2. The number of nitriles is 1. The standard InChI is InChI=1S/C18H17F2N7O/c19-17(20)12-4-2-1-3-11(12)9-27-15-5-6-26(10-14(15)23-25-27)16-8-22-24-18(28)13(16)7-21/h1-4,8,17,23,25H,5-6,9-10H2,(H,24,28). The molecule has 2 aliphatic rings. The number of anilines is 1. The number of aromatic amines is 1.